The van der Waals surface area contributed by atoms with E-state index in [4.69, 9.17) is 5.26 Å². The average Bonchev–Trinajstić information content (AvgIpc) is 2.69. The van der Waals surface area contributed by atoms with Crippen LogP contribution in [0, 0.1) is 17.1 Å². The number of halogens is 1. The maximum Gasteiger partial charge on any atom is 0.224 e. The van der Waals surface area contributed by atoms with Crippen LogP contribution in [0.2, 0.25) is 0 Å². The maximum absolute atomic E-state index is 13.0. The monoisotopic (exact) mass is 352 g/mol. The van der Waals surface area contributed by atoms with Gasteiger partial charge in [-0.15, -0.1) is 0 Å². The number of carbonyl (C=O) groups excluding carboxylic acids is 1. The molecule has 0 radical (unpaired) electrons. The molecule has 26 heavy (non-hydrogen) atoms. The van der Waals surface area contributed by atoms with Crippen LogP contribution < -0.4 is 10.2 Å². The van der Waals surface area contributed by atoms with Crippen molar-refractivity contribution >= 4 is 17.3 Å². The third-order valence-electron chi connectivity index (χ3n) is 4.51. The van der Waals surface area contributed by atoms with Crippen molar-refractivity contribution < 1.29 is 9.18 Å². The fourth-order valence-corrected chi connectivity index (χ4v) is 3.00. The number of nitrogens with one attached hydrogen (secondary N) is 1. The van der Waals surface area contributed by atoms with Crippen molar-refractivity contribution in [3.63, 3.8) is 0 Å². The molecule has 0 aromatic heterocycles. The lowest BCUT2D eigenvalue weighted by molar-refractivity contribution is -0.131. The minimum absolute atomic E-state index is 0.130. The molecule has 1 heterocycles. The fraction of sp³-hybridized carbons (Fsp3) is 0.300. The number of benzene rings is 2. The predicted octanol–water partition coefficient (Wildman–Crippen LogP) is 2.85. The smallest absolute Gasteiger partial charge is 0.224 e. The van der Waals surface area contributed by atoms with E-state index in [0.717, 1.165) is 24.5 Å². The molecule has 2 aromatic carbocycles. The van der Waals surface area contributed by atoms with Gasteiger partial charge in [0.1, 0.15) is 5.82 Å². The lowest BCUT2D eigenvalue weighted by atomic mass is 10.2. The molecule has 1 aliphatic rings. The van der Waals surface area contributed by atoms with E-state index >= 15 is 0 Å². The zero-order valence-corrected chi connectivity index (χ0v) is 14.5. The van der Waals surface area contributed by atoms with Gasteiger partial charge >= 0.3 is 0 Å². The maximum atomic E-state index is 13.0. The van der Waals surface area contributed by atoms with Gasteiger partial charge in [-0.05, 0) is 48.5 Å². The predicted molar refractivity (Wildman–Crippen MR) is 99.5 cm³/mol. The number of nitriles is 1. The fourth-order valence-electron chi connectivity index (χ4n) is 3.00. The molecule has 0 unspecified atom stereocenters. The van der Waals surface area contributed by atoms with Crippen LogP contribution >= 0.6 is 0 Å². The Morgan fingerprint density at radius 3 is 2.31 bits per heavy atom. The van der Waals surface area contributed by atoms with Crippen LogP contribution in [-0.4, -0.2) is 43.5 Å². The van der Waals surface area contributed by atoms with Gasteiger partial charge in [0.15, 0.2) is 0 Å². The molecule has 1 N–H and O–H groups in total. The Balaban J connectivity index is 1.42. The second kappa shape index (κ2) is 8.34. The molecule has 0 saturated carbocycles. The summed E-state index contributed by atoms with van der Waals surface area (Å²) >= 11 is 0. The molecule has 1 aliphatic heterocycles. The summed E-state index contributed by atoms with van der Waals surface area (Å²) < 4.78 is 13.0. The van der Waals surface area contributed by atoms with Gasteiger partial charge in [-0.2, -0.15) is 5.26 Å². The van der Waals surface area contributed by atoms with Crippen LogP contribution in [-0.2, 0) is 4.79 Å². The second-order valence-electron chi connectivity index (χ2n) is 6.21. The summed E-state index contributed by atoms with van der Waals surface area (Å²) in [5.74, 6) is -0.109. The number of hydrogen-bond donors (Lipinski definition) is 1. The molecule has 1 fully saturated rings. The highest BCUT2D eigenvalue weighted by atomic mass is 19.1. The van der Waals surface area contributed by atoms with Gasteiger partial charge in [0.2, 0.25) is 5.91 Å². The van der Waals surface area contributed by atoms with Crippen LogP contribution in [0.25, 0.3) is 0 Å². The largest absolute Gasteiger partial charge is 0.385 e. The van der Waals surface area contributed by atoms with E-state index in [-0.39, 0.29) is 11.7 Å². The molecule has 3 rings (SSSR count). The van der Waals surface area contributed by atoms with Gasteiger partial charge in [0.25, 0.3) is 0 Å². The molecule has 1 saturated heterocycles. The van der Waals surface area contributed by atoms with Crippen molar-refractivity contribution in [3.05, 3.63) is 59.9 Å². The first kappa shape index (κ1) is 17.7. The SMILES string of the molecule is N#Cc1ccc(NCCC(=O)N2CCN(c3ccc(F)cc3)CC2)cc1. The number of rotatable bonds is 5. The zero-order chi connectivity index (χ0) is 18.4. The first-order chi connectivity index (χ1) is 12.7. The second-order valence-corrected chi connectivity index (χ2v) is 6.21. The van der Waals surface area contributed by atoms with Crippen molar-refractivity contribution in [1.29, 1.82) is 5.26 Å². The van der Waals surface area contributed by atoms with E-state index in [1.165, 1.54) is 12.1 Å². The lowest BCUT2D eigenvalue weighted by Crippen LogP contribution is -2.49. The zero-order valence-electron chi connectivity index (χ0n) is 14.5. The third-order valence-corrected chi connectivity index (χ3v) is 4.51. The van der Waals surface area contributed by atoms with E-state index in [1.807, 2.05) is 17.0 Å². The number of nitrogens with zero attached hydrogens (tertiary/aromatic N) is 3. The number of hydrogen-bond acceptors (Lipinski definition) is 4. The summed E-state index contributed by atoms with van der Waals surface area (Å²) in [4.78, 5) is 16.4. The Morgan fingerprint density at radius 2 is 1.69 bits per heavy atom. The van der Waals surface area contributed by atoms with E-state index < -0.39 is 0 Å². The minimum atomic E-state index is -0.239. The van der Waals surface area contributed by atoms with Crippen LogP contribution in [0.3, 0.4) is 0 Å². The normalized spacial score (nSPS) is 14.0. The Labute approximate surface area is 152 Å². The van der Waals surface area contributed by atoms with Gasteiger partial charge in [0, 0.05) is 50.5 Å². The molecular formula is C20H21FN4O. The van der Waals surface area contributed by atoms with Gasteiger partial charge in [0.05, 0.1) is 11.6 Å². The molecular weight excluding hydrogens is 331 g/mol. The van der Waals surface area contributed by atoms with Crippen LogP contribution in [0.4, 0.5) is 15.8 Å². The van der Waals surface area contributed by atoms with Gasteiger partial charge in [-0.25, -0.2) is 4.39 Å². The summed E-state index contributed by atoms with van der Waals surface area (Å²) in [5, 5.41) is 12.0. The first-order valence-electron chi connectivity index (χ1n) is 8.68. The van der Waals surface area contributed by atoms with Crippen molar-refractivity contribution in [2.24, 2.45) is 0 Å². The van der Waals surface area contributed by atoms with Crippen molar-refractivity contribution in [3.8, 4) is 6.07 Å². The summed E-state index contributed by atoms with van der Waals surface area (Å²) in [6, 6.07) is 15.7. The number of carbonyl (C=O) groups is 1. The molecule has 0 bridgehead atoms. The number of anilines is 2. The van der Waals surface area contributed by atoms with E-state index in [9.17, 15) is 9.18 Å². The topological polar surface area (TPSA) is 59.4 Å². The Morgan fingerprint density at radius 1 is 1.04 bits per heavy atom. The highest BCUT2D eigenvalue weighted by molar-refractivity contribution is 5.77. The molecule has 2 aromatic rings. The van der Waals surface area contributed by atoms with E-state index in [2.05, 4.69) is 16.3 Å². The van der Waals surface area contributed by atoms with Gasteiger partial charge < -0.3 is 15.1 Å². The Bertz CT molecular complexity index is 775. The highest BCUT2D eigenvalue weighted by Crippen LogP contribution is 2.17. The van der Waals surface area contributed by atoms with E-state index in [1.54, 1.807) is 24.3 Å². The van der Waals surface area contributed by atoms with Crippen LogP contribution in [0.5, 0.6) is 0 Å². The van der Waals surface area contributed by atoms with E-state index in [0.29, 0.717) is 31.6 Å². The van der Waals surface area contributed by atoms with Crippen molar-refractivity contribution in [2.45, 2.75) is 6.42 Å². The van der Waals surface area contributed by atoms with Gasteiger partial charge in [-0.1, -0.05) is 0 Å². The summed E-state index contributed by atoms with van der Waals surface area (Å²) in [6.07, 6.45) is 0.427. The summed E-state index contributed by atoms with van der Waals surface area (Å²) in [7, 11) is 0. The number of amides is 1. The minimum Gasteiger partial charge on any atom is -0.385 e. The molecule has 0 spiro atoms. The standard InChI is InChI=1S/C20H21FN4O/c21-17-3-7-19(8-4-17)24-11-13-25(14-12-24)20(26)9-10-23-18-5-1-16(15-22)2-6-18/h1-8,23H,9-14H2. The van der Waals surface area contributed by atoms with Crippen molar-refractivity contribution in [2.75, 3.05) is 42.9 Å². The molecule has 134 valence electrons. The van der Waals surface area contributed by atoms with Crippen molar-refractivity contribution in [1.82, 2.24) is 4.90 Å². The van der Waals surface area contributed by atoms with Crippen LogP contribution in [0.15, 0.2) is 48.5 Å². The molecule has 6 heteroatoms. The first-order valence-corrected chi connectivity index (χ1v) is 8.68. The lowest BCUT2D eigenvalue weighted by Gasteiger charge is -2.36. The molecule has 5 nitrogen and oxygen atoms in total. The quantitative estimate of drug-likeness (QED) is 0.899. The summed E-state index contributed by atoms with van der Waals surface area (Å²) in [5.41, 5.74) is 2.50. The average molecular weight is 352 g/mol. The molecule has 1 amide bonds. The molecule has 0 aliphatic carbocycles. The summed E-state index contributed by atoms with van der Waals surface area (Å²) in [6.45, 7) is 3.41. The Kier molecular flexibility index (Phi) is 5.69. The Hall–Kier alpha value is -3.07. The number of piperazine rings is 1. The molecule has 0 atom stereocenters. The highest BCUT2D eigenvalue weighted by Gasteiger charge is 2.20. The third kappa shape index (κ3) is 4.51. The van der Waals surface area contributed by atoms with Crippen LogP contribution in [0.1, 0.15) is 12.0 Å². The van der Waals surface area contributed by atoms with Gasteiger partial charge in [-0.3, -0.25) is 4.79 Å².